The van der Waals surface area contributed by atoms with Gasteiger partial charge in [-0.2, -0.15) is 0 Å². The Morgan fingerprint density at radius 3 is 2.65 bits per heavy atom. The SMILES string of the molecule is Cc1nc(C)c(C(=O)N2CCC(F)(F)/C(=C/C(=O)NCCN3CCOCC3)c3ccccc32)s1. The summed E-state index contributed by atoms with van der Waals surface area (Å²) in [5, 5.41) is 3.46. The molecule has 182 valence electrons. The summed E-state index contributed by atoms with van der Waals surface area (Å²) < 4.78 is 35.9. The van der Waals surface area contributed by atoms with Crippen LogP contribution in [0.4, 0.5) is 14.5 Å². The Hall–Kier alpha value is -2.69. The standard InChI is InChI=1S/C24H28F2N4O3S/c1-16-22(34-17(2)28-16)23(32)30-9-7-24(25,26)19(18-5-3-4-6-20(18)30)15-21(31)27-8-10-29-11-13-33-14-12-29/h3-6,15H,7-14H2,1-2H3,(H,27,31)/b19-15+. The molecule has 0 aliphatic carbocycles. The van der Waals surface area contributed by atoms with Crippen LogP contribution in [-0.4, -0.2) is 73.6 Å². The second-order valence-corrected chi connectivity index (χ2v) is 9.58. The van der Waals surface area contributed by atoms with E-state index in [9.17, 15) is 9.59 Å². The van der Waals surface area contributed by atoms with Crippen LogP contribution >= 0.6 is 11.3 Å². The van der Waals surface area contributed by atoms with Crippen molar-refractivity contribution in [3.05, 3.63) is 51.5 Å². The highest BCUT2D eigenvalue weighted by Gasteiger charge is 2.41. The minimum atomic E-state index is -3.27. The lowest BCUT2D eigenvalue weighted by Gasteiger charge is -2.26. The molecule has 0 bridgehead atoms. The molecule has 1 aromatic heterocycles. The van der Waals surface area contributed by atoms with Crippen LogP contribution in [0.25, 0.3) is 5.57 Å². The summed E-state index contributed by atoms with van der Waals surface area (Å²) in [6.45, 7) is 7.21. The van der Waals surface area contributed by atoms with Crippen molar-refractivity contribution in [1.29, 1.82) is 0 Å². The second-order valence-electron chi connectivity index (χ2n) is 8.38. The molecule has 4 rings (SSSR count). The second kappa shape index (κ2) is 10.3. The fourth-order valence-corrected chi connectivity index (χ4v) is 5.10. The summed E-state index contributed by atoms with van der Waals surface area (Å²) >= 11 is 1.25. The van der Waals surface area contributed by atoms with Gasteiger partial charge in [0, 0.05) is 56.4 Å². The van der Waals surface area contributed by atoms with Gasteiger partial charge in [0.05, 0.1) is 29.6 Å². The summed E-state index contributed by atoms with van der Waals surface area (Å²) in [5.41, 5.74) is 0.749. The number of benzene rings is 1. The van der Waals surface area contributed by atoms with Gasteiger partial charge < -0.3 is 15.0 Å². The number of carbonyl (C=O) groups is 2. The van der Waals surface area contributed by atoms with Gasteiger partial charge in [0.2, 0.25) is 5.91 Å². The highest BCUT2D eigenvalue weighted by molar-refractivity contribution is 7.13. The molecule has 7 nitrogen and oxygen atoms in total. The third-order valence-corrected chi connectivity index (χ3v) is 7.04. The minimum Gasteiger partial charge on any atom is -0.379 e. The minimum absolute atomic E-state index is 0.171. The lowest BCUT2D eigenvalue weighted by Crippen LogP contribution is -2.41. The fraction of sp³-hybridized carbons (Fsp3) is 0.458. The molecule has 0 radical (unpaired) electrons. The van der Waals surface area contributed by atoms with Crippen LogP contribution < -0.4 is 10.2 Å². The van der Waals surface area contributed by atoms with E-state index in [-0.39, 0.29) is 23.6 Å². The number of allylic oxidation sites excluding steroid dienone is 1. The lowest BCUT2D eigenvalue weighted by atomic mass is 9.97. The number of rotatable bonds is 5. The summed E-state index contributed by atoms with van der Waals surface area (Å²) in [7, 11) is 0. The van der Waals surface area contributed by atoms with Gasteiger partial charge in [-0.3, -0.25) is 14.5 Å². The van der Waals surface area contributed by atoms with Crippen LogP contribution in [-0.2, 0) is 9.53 Å². The Labute approximate surface area is 201 Å². The molecule has 10 heteroatoms. The van der Waals surface area contributed by atoms with E-state index in [2.05, 4.69) is 15.2 Å². The summed E-state index contributed by atoms with van der Waals surface area (Å²) in [6, 6.07) is 6.51. The van der Waals surface area contributed by atoms with Crippen molar-refractivity contribution in [3.8, 4) is 0 Å². The summed E-state index contributed by atoms with van der Waals surface area (Å²) in [6.07, 6.45) is 0.394. The largest absolute Gasteiger partial charge is 0.379 e. The summed E-state index contributed by atoms with van der Waals surface area (Å²) in [5.74, 6) is -4.21. The van der Waals surface area contributed by atoms with Crippen LogP contribution in [0.1, 0.15) is 32.4 Å². The maximum atomic E-state index is 15.3. The molecule has 3 heterocycles. The molecule has 2 amide bonds. The van der Waals surface area contributed by atoms with E-state index in [1.807, 2.05) is 0 Å². The van der Waals surface area contributed by atoms with Gasteiger partial charge in [-0.1, -0.05) is 18.2 Å². The van der Waals surface area contributed by atoms with E-state index in [4.69, 9.17) is 4.74 Å². The van der Waals surface area contributed by atoms with Crippen molar-refractivity contribution in [2.45, 2.75) is 26.2 Å². The van der Waals surface area contributed by atoms with E-state index in [0.29, 0.717) is 42.6 Å². The number of nitrogens with one attached hydrogen (secondary N) is 1. The molecule has 2 aliphatic heterocycles. The first kappa shape index (κ1) is 24.4. The average Bonchev–Trinajstić information content (AvgIpc) is 3.11. The number of aromatic nitrogens is 1. The number of hydrogen-bond donors (Lipinski definition) is 1. The Balaban J connectivity index is 1.58. The molecule has 1 fully saturated rings. The predicted octanol–water partition coefficient (Wildman–Crippen LogP) is 3.28. The normalized spacial score (nSPS) is 19.5. The van der Waals surface area contributed by atoms with Crippen LogP contribution in [0.5, 0.6) is 0 Å². The third-order valence-electron chi connectivity index (χ3n) is 5.98. The van der Waals surface area contributed by atoms with Crippen LogP contribution in [0, 0.1) is 13.8 Å². The van der Waals surface area contributed by atoms with Crippen molar-refractivity contribution in [3.63, 3.8) is 0 Å². The number of anilines is 1. The first-order valence-corrected chi connectivity index (χ1v) is 12.1. The van der Waals surface area contributed by atoms with E-state index >= 15 is 8.78 Å². The molecule has 0 unspecified atom stereocenters. The van der Waals surface area contributed by atoms with Gasteiger partial charge in [0.15, 0.2) is 0 Å². The van der Waals surface area contributed by atoms with Crippen molar-refractivity contribution >= 4 is 34.4 Å². The number of morpholine rings is 1. The number of aryl methyl sites for hydroxylation is 2. The van der Waals surface area contributed by atoms with E-state index in [1.165, 1.54) is 22.3 Å². The zero-order chi connectivity index (χ0) is 24.3. The molecule has 0 spiro atoms. The highest BCUT2D eigenvalue weighted by atomic mass is 32.1. The molecule has 2 aromatic rings. The number of nitrogens with zero attached hydrogens (tertiary/aromatic N) is 3. The Morgan fingerprint density at radius 1 is 1.21 bits per heavy atom. The molecule has 2 aliphatic rings. The predicted molar refractivity (Wildman–Crippen MR) is 128 cm³/mol. The number of hydrogen-bond acceptors (Lipinski definition) is 6. The van der Waals surface area contributed by atoms with Gasteiger partial charge in [0.1, 0.15) is 4.88 Å². The molecule has 0 atom stereocenters. The Morgan fingerprint density at radius 2 is 1.94 bits per heavy atom. The van der Waals surface area contributed by atoms with Crippen LogP contribution in [0.2, 0.25) is 0 Å². The molecule has 0 saturated carbocycles. The summed E-state index contributed by atoms with van der Waals surface area (Å²) in [4.78, 5) is 34.2. The van der Waals surface area contributed by atoms with Gasteiger partial charge in [-0.15, -0.1) is 11.3 Å². The van der Waals surface area contributed by atoms with Crippen molar-refractivity contribution in [2.24, 2.45) is 0 Å². The Kier molecular flexibility index (Phi) is 7.39. The molecular formula is C24H28F2N4O3S. The maximum absolute atomic E-state index is 15.3. The topological polar surface area (TPSA) is 74.8 Å². The number of para-hydroxylation sites is 1. The maximum Gasteiger partial charge on any atom is 0.275 e. The number of alkyl halides is 2. The number of thiazole rings is 1. The molecule has 1 saturated heterocycles. The van der Waals surface area contributed by atoms with E-state index in [1.54, 1.807) is 32.0 Å². The number of carbonyl (C=O) groups excluding carboxylic acids is 2. The zero-order valence-corrected chi connectivity index (χ0v) is 20.1. The third kappa shape index (κ3) is 5.34. The Bertz CT molecular complexity index is 1100. The number of fused-ring (bicyclic) bond motifs is 1. The fourth-order valence-electron chi connectivity index (χ4n) is 4.23. The quantitative estimate of drug-likeness (QED) is 0.652. The van der Waals surface area contributed by atoms with Crippen LogP contribution in [0.15, 0.2) is 30.3 Å². The smallest absolute Gasteiger partial charge is 0.275 e. The average molecular weight is 491 g/mol. The van der Waals surface area contributed by atoms with Gasteiger partial charge in [-0.25, -0.2) is 13.8 Å². The number of halogens is 2. The molecule has 1 aromatic carbocycles. The van der Waals surface area contributed by atoms with Crippen molar-refractivity contribution in [2.75, 3.05) is 50.8 Å². The number of ether oxygens (including phenoxy) is 1. The van der Waals surface area contributed by atoms with E-state index in [0.717, 1.165) is 24.2 Å². The first-order chi connectivity index (χ1) is 16.3. The highest BCUT2D eigenvalue weighted by Crippen LogP contribution is 2.43. The molecule has 34 heavy (non-hydrogen) atoms. The van der Waals surface area contributed by atoms with Gasteiger partial charge in [0.25, 0.3) is 11.8 Å². The van der Waals surface area contributed by atoms with Gasteiger partial charge in [-0.05, 0) is 19.9 Å². The monoisotopic (exact) mass is 490 g/mol. The molecular weight excluding hydrogens is 462 g/mol. The lowest BCUT2D eigenvalue weighted by molar-refractivity contribution is -0.116. The molecule has 1 N–H and O–H groups in total. The van der Waals surface area contributed by atoms with Crippen molar-refractivity contribution in [1.82, 2.24) is 15.2 Å². The van der Waals surface area contributed by atoms with Gasteiger partial charge >= 0.3 is 0 Å². The van der Waals surface area contributed by atoms with Crippen LogP contribution in [0.3, 0.4) is 0 Å². The van der Waals surface area contributed by atoms with Crippen molar-refractivity contribution < 1.29 is 23.1 Å². The van der Waals surface area contributed by atoms with E-state index < -0.39 is 18.3 Å². The first-order valence-electron chi connectivity index (χ1n) is 11.3. The number of amides is 2. The zero-order valence-electron chi connectivity index (χ0n) is 19.3.